The van der Waals surface area contributed by atoms with Crippen LogP contribution < -0.4 is 15.4 Å². The first-order valence-electron chi connectivity index (χ1n) is 9.33. The number of thioether (sulfide) groups is 1. The van der Waals surface area contributed by atoms with Gasteiger partial charge in [-0.3, -0.25) is 9.59 Å². The molecule has 1 atom stereocenters. The lowest BCUT2D eigenvalue weighted by Gasteiger charge is -2.16. The molecule has 2 aromatic carbocycles. The van der Waals surface area contributed by atoms with Gasteiger partial charge in [-0.1, -0.05) is 29.8 Å². The first kappa shape index (κ1) is 21.8. The molecule has 0 aliphatic carbocycles. The first-order valence-corrected chi connectivity index (χ1v) is 10.4. The fourth-order valence-corrected chi connectivity index (χ4v) is 3.60. The topological polar surface area (TPSA) is 67.4 Å². The summed E-state index contributed by atoms with van der Waals surface area (Å²) in [6.45, 7) is 10.2. The van der Waals surface area contributed by atoms with Gasteiger partial charge in [-0.25, -0.2) is 0 Å². The molecule has 0 spiro atoms. The van der Waals surface area contributed by atoms with Gasteiger partial charge in [-0.05, 0) is 57.9 Å². The number of aryl methyl sites for hydroxylation is 3. The van der Waals surface area contributed by atoms with Crippen molar-refractivity contribution in [2.24, 2.45) is 0 Å². The summed E-state index contributed by atoms with van der Waals surface area (Å²) in [5.41, 5.74) is 4.72. The average Bonchev–Trinajstić information content (AvgIpc) is 2.64. The Bertz CT molecular complexity index is 828. The summed E-state index contributed by atoms with van der Waals surface area (Å²) in [5, 5.41) is 5.49. The molecule has 0 aliphatic rings. The largest absolute Gasteiger partial charge is 0.492 e. The van der Waals surface area contributed by atoms with Gasteiger partial charge >= 0.3 is 0 Å². The van der Waals surface area contributed by atoms with Gasteiger partial charge in [0.1, 0.15) is 5.75 Å². The fourth-order valence-electron chi connectivity index (χ4n) is 2.92. The smallest absolute Gasteiger partial charge is 0.237 e. The van der Waals surface area contributed by atoms with E-state index >= 15 is 0 Å². The zero-order valence-electron chi connectivity index (χ0n) is 17.1. The number of hydrogen-bond donors (Lipinski definition) is 2. The molecule has 0 fully saturated rings. The van der Waals surface area contributed by atoms with Crippen molar-refractivity contribution in [1.82, 2.24) is 0 Å². The lowest BCUT2D eigenvalue weighted by molar-refractivity contribution is -0.115. The van der Waals surface area contributed by atoms with Gasteiger partial charge in [0.25, 0.3) is 0 Å². The summed E-state index contributed by atoms with van der Waals surface area (Å²) in [5.74, 6) is 0.544. The summed E-state index contributed by atoms with van der Waals surface area (Å²) in [7, 11) is 0. The zero-order chi connectivity index (χ0) is 20.7. The van der Waals surface area contributed by atoms with E-state index in [-0.39, 0.29) is 22.8 Å². The van der Waals surface area contributed by atoms with Crippen LogP contribution in [-0.2, 0) is 9.59 Å². The number of carbonyl (C=O) groups excluding carboxylic acids is 2. The number of hydrogen-bond acceptors (Lipinski definition) is 4. The van der Waals surface area contributed by atoms with Gasteiger partial charge < -0.3 is 15.4 Å². The van der Waals surface area contributed by atoms with Gasteiger partial charge in [0.2, 0.25) is 11.8 Å². The van der Waals surface area contributed by atoms with E-state index in [1.165, 1.54) is 17.3 Å². The Hall–Kier alpha value is -2.47. The molecule has 0 bridgehead atoms. The second-order valence-electron chi connectivity index (χ2n) is 6.69. The normalized spacial score (nSPS) is 11.6. The molecule has 2 N–H and O–H groups in total. The predicted octanol–water partition coefficient (Wildman–Crippen LogP) is 4.71. The molecule has 0 radical (unpaired) electrons. The third-order valence-electron chi connectivity index (χ3n) is 4.22. The van der Waals surface area contributed by atoms with Crippen molar-refractivity contribution < 1.29 is 14.3 Å². The number of nitrogens with one attached hydrogen (secondary N) is 2. The zero-order valence-corrected chi connectivity index (χ0v) is 17.9. The minimum absolute atomic E-state index is 0.109. The van der Waals surface area contributed by atoms with Crippen molar-refractivity contribution in [1.29, 1.82) is 0 Å². The Kier molecular flexibility index (Phi) is 7.93. The monoisotopic (exact) mass is 400 g/mol. The highest BCUT2D eigenvalue weighted by Crippen LogP contribution is 2.25. The predicted molar refractivity (Wildman–Crippen MR) is 117 cm³/mol. The van der Waals surface area contributed by atoms with E-state index in [1.54, 1.807) is 13.0 Å². The molecule has 28 heavy (non-hydrogen) atoms. The molecule has 0 aliphatic heterocycles. The molecule has 1 unspecified atom stereocenters. The van der Waals surface area contributed by atoms with Crippen LogP contribution in [0, 0.1) is 20.8 Å². The standard InChI is InChI=1S/C22H28N2O3S/c1-6-27-19-10-8-7-9-18(19)23-20(25)13-28-17(5)22(26)24-21-15(3)11-14(2)12-16(21)4/h7-12,17H,6,13H2,1-5H3,(H,23,25)(H,24,26). The highest BCUT2D eigenvalue weighted by Gasteiger charge is 2.18. The van der Waals surface area contributed by atoms with Crippen LogP contribution in [0.5, 0.6) is 5.75 Å². The molecule has 0 saturated carbocycles. The van der Waals surface area contributed by atoms with Gasteiger partial charge in [0, 0.05) is 5.69 Å². The molecule has 2 rings (SSSR count). The third kappa shape index (κ3) is 6.02. The highest BCUT2D eigenvalue weighted by atomic mass is 32.2. The first-order chi connectivity index (χ1) is 13.3. The number of benzene rings is 2. The number of para-hydroxylation sites is 2. The van der Waals surface area contributed by atoms with Crippen LogP contribution in [0.1, 0.15) is 30.5 Å². The summed E-state index contributed by atoms with van der Waals surface area (Å²) in [6, 6.07) is 11.4. The fraction of sp³-hybridized carbons (Fsp3) is 0.364. The van der Waals surface area contributed by atoms with Crippen LogP contribution in [0.25, 0.3) is 0 Å². The molecule has 150 valence electrons. The number of ether oxygens (including phenoxy) is 1. The SMILES string of the molecule is CCOc1ccccc1NC(=O)CSC(C)C(=O)Nc1c(C)cc(C)cc1C. The number of carbonyl (C=O) groups is 2. The van der Waals surface area contributed by atoms with Crippen molar-refractivity contribution in [3.63, 3.8) is 0 Å². The van der Waals surface area contributed by atoms with Crippen molar-refractivity contribution >= 4 is 35.0 Å². The number of rotatable bonds is 8. The van der Waals surface area contributed by atoms with Crippen molar-refractivity contribution in [2.45, 2.75) is 39.9 Å². The molecular weight excluding hydrogens is 372 g/mol. The minimum atomic E-state index is -0.354. The number of anilines is 2. The Balaban J connectivity index is 1.90. The van der Waals surface area contributed by atoms with Crippen LogP contribution in [0.2, 0.25) is 0 Å². The van der Waals surface area contributed by atoms with Crippen LogP contribution in [0.15, 0.2) is 36.4 Å². The van der Waals surface area contributed by atoms with Crippen molar-refractivity contribution in [3.8, 4) is 5.75 Å². The van der Waals surface area contributed by atoms with E-state index < -0.39 is 0 Å². The molecule has 0 saturated heterocycles. The van der Waals surface area contributed by atoms with Crippen molar-refractivity contribution in [3.05, 3.63) is 53.1 Å². The lowest BCUT2D eigenvalue weighted by Crippen LogP contribution is -2.25. The summed E-state index contributed by atoms with van der Waals surface area (Å²) < 4.78 is 5.51. The average molecular weight is 401 g/mol. The Morgan fingerprint density at radius 1 is 1.07 bits per heavy atom. The van der Waals surface area contributed by atoms with Crippen molar-refractivity contribution in [2.75, 3.05) is 23.0 Å². The molecule has 0 aromatic heterocycles. The summed E-state index contributed by atoms with van der Waals surface area (Å²) in [6.07, 6.45) is 0. The Morgan fingerprint density at radius 3 is 2.36 bits per heavy atom. The number of amides is 2. The lowest BCUT2D eigenvalue weighted by atomic mass is 10.1. The van der Waals surface area contributed by atoms with E-state index in [4.69, 9.17) is 4.74 Å². The van der Waals surface area contributed by atoms with E-state index in [9.17, 15) is 9.59 Å². The maximum atomic E-state index is 12.5. The van der Waals surface area contributed by atoms with E-state index in [0.717, 1.165) is 16.8 Å². The Labute approximate surface area is 171 Å². The molecule has 5 nitrogen and oxygen atoms in total. The minimum Gasteiger partial charge on any atom is -0.492 e. The second kappa shape index (κ2) is 10.2. The van der Waals surface area contributed by atoms with E-state index in [1.807, 2.05) is 58.0 Å². The van der Waals surface area contributed by atoms with Crippen LogP contribution in [0.3, 0.4) is 0 Å². The van der Waals surface area contributed by atoms with E-state index in [2.05, 4.69) is 10.6 Å². The quantitative estimate of drug-likeness (QED) is 0.673. The molecular formula is C22H28N2O3S. The van der Waals surface area contributed by atoms with Crippen LogP contribution >= 0.6 is 11.8 Å². The maximum absolute atomic E-state index is 12.5. The van der Waals surface area contributed by atoms with Crippen LogP contribution in [0.4, 0.5) is 11.4 Å². The van der Waals surface area contributed by atoms with Gasteiger partial charge in [-0.2, -0.15) is 0 Å². The molecule has 2 aromatic rings. The van der Waals surface area contributed by atoms with Crippen LogP contribution in [-0.4, -0.2) is 29.4 Å². The highest BCUT2D eigenvalue weighted by molar-refractivity contribution is 8.01. The molecule has 2 amide bonds. The second-order valence-corrected chi connectivity index (χ2v) is 8.02. The van der Waals surface area contributed by atoms with E-state index in [0.29, 0.717) is 18.0 Å². The maximum Gasteiger partial charge on any atom is 0.237 e. The third-order valence-corrected chi connectivity index (χ3v) is 5.36. The van der Waals surface area contributed by atoms with Gasteiger partial charge in [0.05, 0.1) is 23.3 Å². The van der Waals surface area contributed by atoms with Gasteiger partial charge in [0.15, 0.2) is 0 Å². The van der Waals surface area contributed by atoms with Gasteiger partial charge in [-0.15, -0.1) is 11.8 Å². The summed E-state index contributed by atoms with van der Waals surface area (Å²) >= 11 is 1.30. The molecule has 0 heterocycles. The molecule has 6 heteroatoms. The summed E-state index contributed by atoms with van der Waals surface area (Å²) in [4.78, 5) is 24.8. The Morgan fingerprint density at radius 2 is 1.71 bits per heavy atom.